The molecule has 2 aromatic rings. The monoisotopic (exact) mass is 280 g/mol. The standard InChI is InChI=1S/C18H20N2O/c1-18(2,3)15-6-4-5-7-17(15)21-14-8-9-16(20)13(12-14)10-11-19/h4-9,12H,10,20H2,1-3H3. The second kappa shape index (κ2) is 5.88. The zero-order valence-corrected chi connectivity index (χ0v) is 12.7. The number of nitrogens with zero attached hydrogens (tertiary/aromatic N) is 1. The van der Waals surface area contributed by atoms with Gasteiger partial charge in [-0.25, -0.2) is 0 Å². The second-order valence-corrected chi connectivity index (χ2v) is 6.04. The van der Waals surface area contributed by atoms with E-state index < -0.39 is 0 Å². The SMILES string of the molecule is CC(C)(C)c1ccccc1Oc1ccc(N)c(CC#N)c1. The maximum Gasteiger partial charge on any atom is 0.131 e. The van der Waals surface area contributed by atoms with E-state index in [9.17, 15) is 0 Å². The van der Waals surface area contributed by atoms with Gasteiger partial charge in [0.15, 0.2) is 0 Å². The Morgan fingerprint density at radius 3 is 2.52 bits per heavy atom. The van der Waals surface area contributed by atoms with Crippen LogP contribution < -0.4 is 10.5 Å². The minimum absolute atomic E-state index is 0.000114. The Kier molecular flexibility index (Phi) is 4.18. The lowest BCUT2D eigenvalue weighted by molar-refractivity contribution is 0.455. The molecule has 0 fully saturated rings. The third-order valence-electron chi connectivity index (χ3n) is 3.31. The molecule has 0 aliphatic carbocycles. The van der Waals surface area contributed by atoms with Gasteiger partial charge in [-0.1, -0.05) is 39.0 Å². The van der Waals surface area contributed by atoms with Gasteiger partial charge in [-0.15, -0.1) is 0 Å². The Labute approximate surface area is 126 Å². The van der Waals surface area contributed by atoms with Crippen molar-refractivity contribution in [3.63, 3.8) is 0 Å². The molecule has 21 heavy (non-hydrogen) atoms. The molecule has 0 radical (unpaired) electrons. The molecule has 0 saturated carbocycles. The highest BCUT2D eigenvalue weighted by atomic mass is 16.5. The highest BCUT2D eigenvalue weighted by Crippen LogP contribution is 2.34. The van der Waals surface area contributed by atoms with Crippen molar-refractivity contribution in [3.05, 3.63) is 53.6 Å². The fraction of sp³-hybridized carbons (Fsp3) is 0.278. The Hall–Kier alpha value is -2.47. The quantitative estimate of drug-likeness (QED) is 0.846. The molecular formula is C18H20N2O. The topological polar surface area (TPSA) is 59.0 Å². The molecule has 108 valence electrons. The summed E-state index contributed by atoms with van der Waals surface area (Å²) in [5.74, 6) is 1.53. The minimum Gasteiger partial charge on any atom is -0.457 e. The lowest BCUT2D eigenvalue weighted by Crippen LogP contribution is -2.12. The average Bonchev–Trinajstić information content (AvgIpc) is 2.42. The molecule has 2 N–H and O–H groups in total. The summed E-state index contributed by atoms with van der Waals surface area (Å²) < 4.78 is 6.01. The molecule has 0 unspecified atom stereocenters. The van der Waals surface area contributed by atoms with Crippen molar-refractivity contribution in [2.45, 2.75) is 32.6 Å². The van der Waals surface area contributed by atoms with Crippen LogP contribution in [0.2, 0.25) is 0 Å². The van der Waals surface area contributed by atoms with Crippen LogP contribution in [0, 0.1) is 11.3 Å². The number of nitriles is 1. The first-order chi connectivity index (χ1) is 9.91. The van der Waals surface area contributed by atoms with Crippen LogP contribution in [0.25, 0.3) is 0 Å². The summed E-state index contributed by atoms with van der Waals surface area (Å²) in [4.78, 5) is 0. The predicted octanol–water partition coefficient (Wildman–Crippen LogP) is 4.42. The molecule has 0 heterocycles. The van der Waals surface area contributed by atoms with Crippen LogP contribution in [0.15, 0.2) is 42.5 Å². The molecule has 3 heteroatoms. The summed E-state index contributed by atoms with van der Waals surface area (Å²) >= 11 is 0. The van der Waals surface area contributed by atoms with Crippen molar-refractivity contribution < 1.29 is 4.74 Å². The first-order valence-electron chi connectivity index (χ1n) is 6.94. The van der Waals surface area contributed by atoms with Gasteiger partial charge >= 0.3 is 0 Å². The van der Waals surface area contributed by atoms with Gasteiger partial charge in [0.05, 0.1) is 12.5 Å². The highest BCUT2D eigenvalue weighted by molar-refractivity contribution is 5.52. The van der Waals surface area contributed by atoms with Crippen LogP contribution in [0.4, 0.5) is 5.69 Å². The van der Waals surface area contributed by atoms with Crippen molar-refractivity contribution in [2.75, 3.05) is 5.73 Å². The van der Waals surface area contributed by atoms with E-state index >= 15 is 0 Å². The third-order valence-corrected chi connectivity index (χ3v) is 3.31. The number of hydrogen-bond acceptors (Lipinski definition) is 3. The number of hydrogen-bond donors (Lipinski definition) is 1. The molecule has 0 aromatic heterocycles. The number of para-hydroxylation sites is 1. The number of ether oxygens (including phenoxy) is 1. The molecule has 0 spiro atoms. The first-order valence-corrected chi connectivity index (χ1v) is 6.94. The molecule has 2 rings (SSSR count). The van der Waals surface area contributed by atoms with Crippen LogP contribution in [-0.2, 0) is 11.8 Å². The fourth-order valence-electron chi connectivity index (χ4n) is 2.19. The molecule has 0 atom stereocenters. The summed E-state index contributed by atoms with van der Waals surface area (Å²) in [5, 5.41) is 8.83. The number of rotatable bonds is 3. The molecular weight excluding hydrogens is 260 g/mol. The van der Waals surface area contributed by atoms with Gasteiger partial charge in [-0.2, -0.15) is 5.26 Å². The highest BCUT2D eigenvalue weighted by Gasteiger charge is 2.18. The van der Waals surface area contributed by atoms with Crippen LogP contribution in [0.5, 0.6) is 11.5 Å². The van der Waals surface area contributed by atoms with E-state index in [4.69, 9.17) is 15.7 Å². The molecule has 0 amide bonds. The maximum absolute atomic E-state index is 8.83. The van der Waals surface area contributed by atoms with E-state index in [2.05, 4.69) is 32.9 Å². The average molecular weight is 280 g/mol. The molecule has 0 bridgehead atoms. The smallest absolute Gasteiger partial charge is 0.131 e. The summed E-state index contributed by atoms with van der Waals surface area (Å²) in [6, 6.07) is 15.6. The normalized spacial score (nSPS) is 11.0. The van der Waals surface area contributed by atoms with Crippen molar-refractivity contribution in [2.24, 2.45) is 0 Å². The number of benzene rings is 2. The third kappa shape index (κ3) is 3.55. The van der Waals surface area contributed by atoms with Crippen LogP contribution in [-0.4, -0.2) is 0 Å². The first kappa shape index (κ1) is 14.9. The summed E-state index contributed by atoms with van der Waals surface area (Å²) in [5.41, 5.74) is 8.42. The Morgan fingerprint density at radius 2 is 1.86 bits per heavy atom. The lowest BCUT2D eigenvalue weighted by Gasteiger charge is -2.22. The van der Waals surface area contributed by atoms with Crippen molar-refractivity contribution >= 4 is 5.69 Å². The summed E-state index contributed by atoms with van der Waals surface area (Å²) in [7, 11) is 0. The van der Waals surface area contributed by atoms with Gasteiger partial charge in [0.2, 0.25) is 0 Å². The van der Waals surface area contributed by atoms with Gasteiger partial charge < -0.3 is 10.5 Å². The molecule has 3 nitrogen and oxygen atoms in total. The van der Waals surface area contributed by atoms with E-state index in [1.54, 1.807) is 6.07 Å². The molecule has 2 aromatic carbocycles. The van der Waals surface area contributed by atoms with Crippen LogP contribution >= 0.6 is 0 Å². The van der Waals surface area contributed by atoms with E-state index in [0.29, 0.717) is 11.4 Å². The van der Waals surface area contributed by atoms with Gasteiger partial charge in [0.1, 0.15) is 11.5 Å². The van der Waals surface area contributed by atoms with Gasteiger partial charge in [0.25, 0.3) is 0 Å². The minimum atomic E-state index is -0.000114. The van der Waals surface area contributed by atoms with Gasteiger partial charge in [-0.3, -0.25) is 0 Å². The van der Waals surface area contributed by atoms with Crippen molar-refractivity contribution in [3.8, 4) is 17.6 Å². The Bertz CT molecular complexity index is 678. The molecule has 0 saturated heterocycles. The molecule has 0 aliphatic heterocycles. The van der Waals surface area contributed by atoms with Crippen LogP contribution in [0.1, 0.15) is 31.9 Å². The van der Waals surface area contributed by atoms with Gasteiger partial charge in [0, 0.05) is 11.3 Å². The second-order valence-electron chi connectivity index (χ2n) is 6.04. The Balaban J connectivity index is 2.35. The van der Waals surface area contributed by atoms with E-state index in [0.717, 1.165) is 16.9 Å². The predicted molar refractivity (Wildman–Crippen MR) is 85.4 cm³/mol. The van der Waals surface area contributed by atoms with Crippen molar-refractivity contribution in [1.29, 1.82) is 5.26 Å². The maximum atomic E-state index is 8.83. The fourth-order valence-corrected chi connectivity index (χ4v) is 2.19. The summed E-state index contributed by atoms with van der Waals surface area (Å²) in [6.45, 7) is 6.46. The van der Waals surface area contributed by atoms with E-state index in [1.807, 2.05) is 30.3 Å². The number of nitrogens with two attached hydrogens (primary N) is 1. The number of nitrogen functional groups attached to an aromatic ring is 1. The largest absolute Gasteiger partial charge is 0.457 e. The van der Waals surface area contributed by atoms with E-state index in [-0.39, 0.29) is 11.8 Å². The van der Waals surface area contributed by atoms with E-state index in [1.165, 1.54) is 0 Å². The number of anilines is 1. The molecule has 0 aliphatic rings. The Morgan fingerprint density at radius 1 is 1.14 bits per heavy atom. The zero-order chi connectivity index (χ0) is 15.5. The summed E-state index contributed by atoms with van der Waals surface area (Å²) in [6.07, 6.45) is 0.282. The lowest BCUT2D eigenvalue weighted by atomic mass is 9.86. The zero-order valence-electron chi connectivity index (χ0n) is 12.7. The van der Waals surface area contributed by atoms with Gasteiger partial charge in [-0.05, 0) is 35.2 Å². The van der Waals surface area contributed by atoms with Crippen LogP contribution in [0.3, 0.4) is 0 Å². The van der Waals surface area contributed by atoms with Crippen molar-refractivity contribution in [1.82, 2.24) is 0 Å².